The Balaban J connectivity index is 2.00. The van der Waals surface area contributed by atoms with Crippen molar-refractivity contribution >= 4 is 5.71 Å². The topological polar surface area (TPSA) is 40.0 Å². The number of methoxy groups -OCH3 is 1. The summed E-state index contributed by atoms with van der Waals surface area (Å²) < 4.78 is 10.4. The Hall–Kier alpha value is -0.610. The standard InChI is InChI=1S/C7H11NO3/c1-9-4-7-5-2-11-8-6(5)3-10-7/h5,7H,2-4H2,1H3. The fourth-order valence-electron chi connectivity index (χ4n) is 1.46. The second kappa shape index (κ2) is 2.79. The fourth-order valence-corrected chi connectivity index (χ4v) is 1.46. The minimum absolute atomic E-state index is 0.154. The van der Waals surface area contributed by atoms with Gasteiger partial charge in [0.2, 0.25) is 0 Å². The summed E-state index contributed by atoms with van der Waals surface area (Å²) in [4.78, 5) is 4.94. The molecule has 2 aliphatic heterocycles. The molecule has 0 aromatic carbocycles. The molecule has 2 rings (SSSR count). The number of fused-ring (bicyclic) bond motifs is 1. The van der Waals surface area contributed by atoms with E-state index in [4.69, 9.17) is 14.3 Å². The number of hydrogen-bond acceptors (Lipinski definition) is 4. The van der Waals surface area contributed by atoms with Crippen molar-refractivity contribution in [2.45, 2.75) is 6.10 Å². The summed E-state index contributed by atoms with van der Waals surface area (Å²) in [5, 5.41) is 3.87. The van der Waals surface area contributed by atoms with Crippen LogP contribution in [0.15, 0.2) is 5.16 Å². The highest BCUT2D eigenvalue weighted by Crippen LogP contribution is 2.23. The van der Waals surface area contributed by atoms with E-state index >= 15 is 0 Å². The number of nitrogens with zero attached hydrogens (tertiary/aromatic N) is 1. The Morgan fingerprint density at radius 1 is 1.73 bits per heavy atom. The zero-order chi connectivity index (χ0) is 7.68. The lowest BCUT2D eigenvalue weighted by molar-refractivity contribution is 0.00133. The molecule has 1 fully saturated rings. The van der Waals surface area contributed by atoms with Gasteiger partial charge in [-0.15, -0.1) is 0 Å². The van der Waals surface area contributed by atoms with Gasteiger partial charge in [-0.3, -0.25) is 0 Å². The van der Waals surface area contributed by atoms with Gasteiger partial charge in [-0.25, -0.2) is 0 Å². The van der Waals surface area contributed by atoms with Gasteiger partial charge in [-0.2, -0.15) is 0 Å². The first-order valence-corrected chi connectivity index (χ1v) is 3.71. The molecular formula is C7H11NO3. The lowest BCUT2D eigenvalue weighted by atomic mass is 10.0. The van der Waals surface area contributed by atoms with Gasteiger partial charge in [-0.05, 0) is 0 Å². The molecule has 0 bridgehead atoms. The van der Waals surface area contributed by atoms with Gasteiger partial charge in [0.05, 0.1) is 30.9 Å². The highest BCUT2D eigenvalue weighted by molar-refractivity contribution is 5.90. The van der Waals surface area contributed by atoms with Crippen LogP contribution in [0.1, 0.15) is 0 Å². The van der Waals surface area contributed by atoms with Crippen LogP contribution in [-0.4, -0.2) is 38.7 Å². The zero-order valence-corrected chi connectivity index (χ0v) is 6.45. The smallest absolute Gasteiger partial charge is 0.128 e. The van der Waals surface area contributed by atoms with E-state index in [9.17, 15) is 0 Å². The van der Waals surface area contributed by atoms with Gasteiger partial charge >= 0.3 is 0 Å². The van der Waals surface area contributed by atoms with E-state index in [1.54, 1.807) is 7.11 Å². The summed E-state index contributed by atoms with van der Waals surface area (Å²) >= 11 is 0. The van der Waals surface area contributed by atoms with Crippen molar-refractivity contribution in [1.82, 2.24) is 0 Å². The van der Waals surface area contributed by atoms with Crippen LogP contribution >= 0.6 is 0 Å². The third kappa shape index (κ3) is 1.12. The Bertz CT molecular complexity index is 181. The van der Waals surface area contributed by atoms with Crippen molar-refractivity contribution in [3.63, 3.8) is 0 Å². The second-order valence-corrected chi connectivity index (χ2v) is 2.79. The molecule has 0 aromatic rings. The molecule has 0 aromatic heterocycles. The van der Waals surface area contributed by atoms with Crippen LogP contribution in [0.4, 0.5) is 0 Å². The average Bonchev–Trinajstić information content (AvgIpc) is 2.53. The molecule has 2 unspecified atom stereocenters. The first-order valence-electron chi connectivity index (χ1n) is 3.71. The normalized spacial score (nSPS) is 34.8. The highest BCUT2D eigenvalue weighted by atomic mass is 16.6. The maximum Gasteiger partial charge on any atom is 0.128 e. The van der Waals surface area contributed by atoms with E-state index < -0.39 is 0 Å². The van der Waals surface area contributed by atoms with Crippen LogP contribution in [0.5, 0.6) is 0 Å². The molecule has 2 heterocycles. The summed E-state index contributed by atoms with van der Waals surface area (Å²) in [7, 11) is 1.67. The monoisotopic (exact) mass is 157 g/mol. The Morgan fingerprint density at radius 2 is 2.64 bits per heavy atom. The average molecular weight is 157 g/mol. The van der Waals surface area contributed by atoms with Crippen LogP contribution in [0.3, 0.4) is 0 Å². The highest BCUT2D eigenvalue weighted by Gasteiger charge is 2.38. The number of hydrogen-bond donors (Lipinski definition) is 0. The predicted molar refractivity (Wildman–Crippen MR) is 38.5 cm³/mol. The van der Waals surface area contributed by atoms with Gasteiger partial charge < -0.3 is 14.3 Å². The summed E-state index contributed by atoms with van der Waals surface area (Å²) in [6.07, 6.45) is 0.154. The molecule has 62 valence electrons. The van der Waals surface area contributed by atoms with Crippen molar-refractivity contribution in [2.24, 2.45) is 11.1 Å². The molecular weight excluding hydrogens is 146 g/mol. The molecule has 0 N–H and O–H groups in total. The number of ether oxygens (including phenoxy) is 2. The Kier molecular flexibility index (Phi) is 1.79. The molecule has 2 atom stereocenters. The van der Waals surface area contributed by atoms with Gasteiger partial charge in [0.25, 0.3) is 0 Å². The van der Waals surface area contributed by atoms with Gasteiger partial charge in [0.1, 0.15) is 6.61 Å². The van der Waals surface area contributed by atoms with Crippen LogP contribution in [0.2, 0.25) is 0 Å². The third-order valence-electron chi connectivity index (χ3n) is 2.09. The number of rotatable bonds is 2. The molecule has 0 amide bonds. The van der Waals surface area contributed by atoms with E-state index in [0.717, 1.165) is 5.71 Å². The zero-order valence-electron chi connectivity index (χ0n) is 6.45. The maximum atomic E-state index is 5.42. The van der Waals surface area contributed by atoms with Crippen molar-refractivity contribution in [3.8, 4) is 0 Å². The van der Waals surface area contributed by atoms with Gasteiger partial charge in [-0.1, -0.05) is 5.16 Å². The molecule has 2 aliphatic rings. The van der Waals surface area contributed by atoms with Crippen LogP contribution in [0, 0.1) is 5.92 Å². The van der Waals surface area contributed by atoms with E-state index in [2.05, 4.69) is 5.16 Å². The Morgan fingerprint density at radius 3 is 3.45 bits per heavy atom. The minimum Gasteiger partial charge on any atom is -0.395 e. The Labute approximate surface area is 65.1 Å². The van der Waals surface area contributed by atoms with Crippen molar-refractivity contribution < 1.29 is 14.3 Å². The first-order chi connectivity index (χ1) is 5.42. The van der Waals surface area contributed by atoms with Crippen molar-refractivity contribution in [1.29, 1.82) is 0 Å². The van der Waals surface area contributed by atoms with E-state index in [1.165, 1.54) is 0 Å². The minimum atomic E-state index is 0.154. The van der Waals surface area contributed by atoms with Gasteiger partial charge in [0, 0.05) is 7.11 Å². The van der Waals surface area contributed by atoms with Crippen molar-refractivity contribution in [2.75, 3.05) is 26.9 Å². The quantitative estimate of drug-likeness (QED) is 0.568. The molecule has 0 radical (unpaired) electrons. The van der Waals surface area contributed by atoms with Crippen LogP contribution < -0.4 is 0 Å². The summed E-state index contributed by atoms with van der Waals surface area (Å²) in [6.45, 7) is 1.90. The largest absolute Gasteiger partial charge is 0.395 e. The lowest BCUT2D eigenvalue weighted by Crippen LogP contribution is -2.25. The van der Waals surface area contributed by atoms with Crippen LogP contribution in [-0.2, 0) is 14.3 Å². The predicted octanol–water partition coefficient (Wildman–Crippen LogP) is 0.0340. The summed E-state index contributed by atoms with van der Waals surface area (Å²) in [5.74, 6) is 0.343. The SMILES string of the molecule is COCC1OCC2=NOCC21. The molecule has 1 saturated heterocycles. The van der Waals surface area contributed by atoms with E-state index in [1.807, 2.05) is 0 Å². The first kappa shape index (κ1) is 7.06. The summed E-state index contributed by atoms with van der Waals surface area (Å²) in [6, 6.07) is 0. The molecule has 0 aliphatic carbocycles. The van der Waals surface area contributed by atoms with E-state index in [0.29, 0.717) is 25.7 Å². The van der Waals surface area contributed by atoms with Crippen LogP contribution in [0.25, 0.3) is 0 Å². The summed E-state index contributed by atoms with van der Waals surface area (Å²) in [5.41, 5.74) is 1.03. The molecule has 4 heteroatoms. The molecule has 0 saturated carbocycles. The van der Waals surface area contributed by atoms with E-state index in [-0.39, 0.29) is 6.10 Å². The van der Waals surface area contributed by atoms with Gasteiger partial charge in [0.15, 0.2) is 0 Å². The maximum absolute atomic E-state index is 5.42. The third-order valence-corrected chi connectivity index (χ3v) is 2.09. The second-order valence-electron chi connectivity index (χ2n) is 2.79. The molecule has 4 nitrogen and oxygen atoms in total. The number of oxime groups is 1. The molecule has 11 heavy (non-hydrogen) atoms. The van der Waals surface area contributed by atoms with Crippen molar-refractivity contribution in [3.05, 3.63) is 0 Å². The lowest BCUT2D eigenvalue weighted by Gasteiger charge is -2.11. The molecule has 0 spiro atoms. The fraction of sp³-hybridized carbons (Fsp3) is 0.857.